The molecule has 1 saturated heterocycles. The van der Waals surface area contributed by atoms with Crippen LogP contribution in [-0.2, 0) is 17.9 Å². The van der Waals surface area contributed by atoms with Gasteiger partial charge in [0.15, 0.2) is 5.96 Å². The zero-order chi connectivity index (χ0) is 16.5. The molecule has 0 radical (unpaired) electrons. The van der Waals surface area contributed by atoms with Crippen molar-refractivity contribution in [2.75, 3.05) is 26.0 Å². The summed E-state index contributed by atoms with van der Waals surface area (Å²) in [4.78, 5) is 4.32. The second-order valence-electron chi connectivity index (χ2n) is 6.13. The Morgan fingerprint density at radius 2 is 1.96 bits per heavy atom. The first-order valence-corrected chi connectivity index (χ1v) is 9.38. The van der Waals surface area contributed by atoms with E-state index in [4.69, 9.17) is 4.74 Å². The van der Waals surface area contributed by atoms with Crippen LogP contribution in [0.2, 0.25) is 0 Å². The molecule has 0 aromatic heterocycles. The molecule has 2 N–H and O–H groups in total. The van der Waals surface area contributed by atoms with Crippen molar-refractivity contribution in [2.24, 2.45) is 4.99 Å². The summed E-state index contributed by atoms with van der Waals surface area (Å²) in [6.07, 6.45) is 2.60. The third kappa shape index (κ3) is 7.19. The Hall–Kier alpha value is -0.470. The molecule has 1 heterocycles. The molecule has 2 rings (SSSR count). The van der Waals surface area contributed by atoms with Crippen LogP contribution in [0.1, 0.15) is 37.8 Å². The van der Waals surface area contributed by atoms with E-state index in [2.05, 4.69) is 58.6 Å². The molecule has 0 amide bonds. The maximum atomic E-state index is 5.42. The molecular weight excluding hydrogens is 433 g/mol. The highest BCUT2D eigenvalue weighted by Gasteiger charge is 2.29. The van der Waals surface area contributed by atoms with E-state index in [0.717, 1.165) is 25.7 Å². The standard InChI is InChI=1S/C18H29N3OS.HI/c1-4-22-13-16-8-6-15(7-9-16)12-20-17(19-3)21-14-18(2)10-5-11-23-18;/h6-9H,4-5,10-14H2,1-3H3,(H2,19,20,21);1H. The topological polar surface area (TPSA) is 45.6 Å². The van der Waals surface area contributed by atoms with Gasteiger partial charge in [-0.05, 0) is 43.6 Å². The minimum absolute atomic E-state index is 0. The van der Waals surface area contributed by atoms with Crippen molar-refractivity contribution < 1.29 is 4.74 Å². The molecule has 0 aliphatic carbocycles. The van der Waals surface area contributed by atoms with E-state index in [1.807, 2.05) is 14.0 Å². The summed E-state index contributed by atoms with van der Waals surface area (Å²) in [6.45, 7) is 7.53. The van der Waals surface area contributed by atoms with Crippen molar-refractivity contribution in [3.8, 4) is 0 Å². The highest BCUT2D eigenvalue weighted by atomic mass is 127. The molecule has 1 unspecified atom stereocenters. The molecule has 1 atom stereocenters. The van der Waals surface area contributed by atoms with Crippen LogP contribution in [0.5, 0.6) is 0 Å². The van der Waals surface area contributed by atoms with Crippen LogP contribution in [0, 0.1) is 0 Å². The number of ether oxygens (including phenoxy) is 1. The lowest BCUT2D eigenvalue weighted by Gasteiger charge is -2.24. The van der Waals surface area contributed by atoms with E-state index in [1.165, 1.54) is 29.7 Å². The fourth-order valence-corrected chi connectivity index (χ4v) is 3.87. The Morgan fingerprint density at radius 3 is 2.54 bits per heavy atom. The fraction of sp³-hybridized carbons (Fsp3) is 0.611. The first-order valence-electron chi connectivity index (χ1n) is 8.39. The number of halogens is 1. The third-order valence-corrected chi connectivity index (χ3v) is 5.65. The molecule has 0 spiro atoms. The van der Waals surface area contributed by atoms with Gasteiger partial charge in [0.05, 0.1) is 6.61 Å². The van der Waals surface area contributed by atoms with E-state index >= 15 is 0 Å². The van der Waals surface area contributed by atoms with Crippen molar-refractivity contribution in [3.63, 3.8) is 0 Å². The van der Waals surface area contributed by atoms with E-state index in [9.17, 15) is 0 Å². The minimum Gasteiger partial charge on any atom is -0.377 e. The number of hydrogen-bond acceptors (Lipinski definition) is 3. The quantitative estimate of drug-likeness (QED) is 0.367. The first-order chi connectivity index (χ1) is 11.1. The average Bonchev–Trinajstić information content (AvgIpc) is 3.01. The van der Waals surface area contributed by atoms with Crippen LogP contribution < -0.4 is 10.6 Å². The SMILES string of the molecule is CCOCc1ccc(CNC(=NC)NCC2(C)CCCS2)cc1.I. The van der Waals surface area contributed by atoms with E-state index in [1.54, 1.807) is 0 Å². The van der Waals surface area contributed by atoms with Gasteiger partial charge in [0.25, 0.3) is 0 Å². The predicted molar refractivity (Wildman–Crippen MR) is 115 cm³/mol. The summed E-state index contributed by atoms with van der Waals surface area (Å²) >= 11 is 2.06. The second-order valence-corrected chi connectivity index (χ2v) is 7.82. The number of rotatable bonds is 7. The number of benzene rings is 1. The molecule has 24 heavy (non-hydrogen) atoms. The number of guanidine groups is 1. The van der Waals surface area contributed by atoms with Crippen LogP contribution >= 0.6 is 35.7 Å². The Bertz CT molecular complexity index is 501. The van der Waals surface area contributed by atoms with Crippen LogP contribution in [0.15, 0.2) is 29.3 Å². The summed E-state index contributed by atoms with van der Waals surface area (Å²) < 4.78 is 5.76. The third-order valence-electron chi connectivity index (χ3n) is 4.11. The van der Waals surface area contributed by atoms with Gasteiger partial charge in [-0.15, -0.1) is 24.0 Å². The maximum absolute atomic E-state index is 5.42. The Kier molecular flexibility index (Phi) is 10.1. The smallest absolute Gasteiger partial charge is 0.191 e. The Balaban J connectivity index is 0.00000288. The van der Waals surface area contributed by atoms with Crippen molar-refractivity contribution >= 4 is 41.7 Å². The lowest BCUT2D eigenvalue weighted by Crippen LogP contribution is -2.43. The van der Waals surface area contributed by atoms with E-state index < -0.39 is 0 Å². The predicted octanol–water partition coefficient (Wildman–Crippen LogP) is 3.79. The molecule has 0 bridgehead atoms. The summed E-state index contributed by atoms with van der Waals surface area (Å²) in [5.74, 6) is 2.15. The number of aliphatic imine (C=N–C) groups is 1. The van der Waals surface area contributed by atoms with E-state index in [0.29, 0.717) is 11.4 Å². The van der Waals surface area contributed by atoms with Gasteiger partial charge < -0.3 is 15.4 Å². The first kappa shape index (κ1) is 21.6. The largest absolute Gasteiger partial charge is 0.377 e. The van der Waals surface area contributed by atoms with Crippen LogP contribution in [0.3, 0.4) is 0 Å². The van der Waals surface area contributed by atoms with Gasteiger partial charge >= 0.3 is 0 Å². The fourth-order valence-electron chi connectivity index (χ4n) is 2.63. The monoisotopic (exact) mass is 463 g/mol. The summed E-state index contributed by atoms with van der Waals surface area (Å²) in [6, 6.07) is 8.53. The second kappa shape index (κ2) is 11.2. The highest BCUT2D eigenvalue weighted by molar-refractivity contribution is 14.0. The van der Waals surface area contributed by atoms with Gasteiger partial charge in [-0.1, -0.05) is 24.3 Å². The van der Waals surface area contributed by atoms with Crippen LogP contribution in [-0.4, -0.2) is 36.7 Å². The average molecular weight is 463 g/mol. The molecule has 1 fully saturated rings. The van der Waals surface area contributed by atoms with Crippen LogP contribution in [0.4, 0.5) is 0 Å². The highest BCUT2D eigenvalue weighted by Crippen LogP contribution is 2.36. The zero-order valence-electron chi connectivity index (χ0n) is 14.9. The molecule has 6 heteroatoms. The maximum Gasteiger partial charge on any atom is 0.191 e. The van der Waals surface area contributed by atoms with Gasteiger partial charge in [0.2, 0.25) is 0 Å². The summed E-state index contributed by atoms with van der Waals surface area (Å²) in [7, 11) is 1.82. The van der Waals surface area contributed by atoms with Crippen molar-refractivity contribution in [3.05, 3.63) is 35.4 Å². The summed E-state index contributed by atoms with van der Waals surface area (Å²) in [5, 5.41) is 6.85. The number of nitrogens with one attached hydrogen (secondary N) is 2. The van der Waals surface area contributed by atoms with Crippen molar-refractivity contribution in [1.82, 2.24) is 10.6 Å². The Labute approximate surface area is 167 Å². The molecule has 0 saturated carbocycles. The summed E-state index contributed by atoms with van der Waals surface area (Å²) in [5.41, 5.74) is 2.46. The molecule has 136 valence electrons. The Morgan fingerprint density at radius 1 is 1.25 bits per heavy atom. The van der Waals surface area contributed by atoms with Gasteiger partial charge in [-0.25, -0.2) is 0 Å². The number of nitrogens with zero attached hydrogens (tertiary/aromatic N) is 1. The minimum atomic E-state index is 0. The lowest BCUT2D eigenvalue weighted by atomic mass is 10.1. The zero-order valence-corrected chi connectivity index (χ0v) is 18.1. The van der Waals surface area contributed by atoms with Gasteiger partial charge in [-0.3, -0.25) is 4.99 Å². The number of thioether (sulfide) groups is 1. The molecule has 1 aliphatic heterocycles. The van der Waals surface area contributed by atoms with Crippen molar-refractivity contribution in [1.29, 1.82) is 0 Å². The molecule has 1 aromatic carbocycles. The molecule has 1 aliphatic rings. The normalized spacial score (nSPS) is 20.5. The van der Waals surface area contributed by atoms with Crippen molar-refractivity contribution in [2.45, 2.75) is 44.6 Å². The van der Waals surface area contributed by atoms with Gasteiger partial charge in [0.1, 0.15) is 0 Å². The molecule has 4 nitrogen and oxygen atoms in total. The van der Waals surface area contributed by atoms with Crippen LogP contribution in [0.25, 0.3) is 0 Å². The molecule has 1 aromatic rings. The number of hydrogen-bond donors (Lipinski definition) is 2. The lowest BCUT2D eigenvalue weighted by molar-refractivity contribution is 0.134. The van der Waals surface area contributed by atoms with Gasteiger partial charge in [-0.2, -0.15) is 11.8 Å². The molecular formula is C18H30IN3OS. The van der Waals surface area contributed by atoms with E-state index in [-0.39, 0.29) is 24.0 Å². The van der Waals surface area contributed by atoms with Gasteiger partial charge in [0, 0.05) is 31.5 Å².